The first-order valence-corrected chi connectivity index (χ1v) is 8.24. The van der Waals surface area contributed by atoms with E-state index < -0.39 is 12.0 Å². The van der Waals surface area contributed by atoms with Gasteiger partial charge in [0.05, 0.1) is 0 Å². The molecule has 21 heavy (non-hydrogen) atoms. The Kier molecular flexibility index (Phi) is 3.90. The number of carboxylic acids is 1. The third-order valence-corrected chi connectivity index (χ3v) is 5.25. The standard InChI is InChI=1S/C15H13NO3S2/c17-13(4-3-10-2-1-8-20-10)16-7-5-12-11(6-9-21-12)14(16)15(18)19/h1-4,6,8-9,14H,5,7H2,(H,18,19). The van der Waals surface area contributed by atoms with Gasteiger partial charge in [0.15, 0.2) is 6.04 Å². The van der Waals surface area contributed by atoms with E-state index in [9.17, 15) is 14.7 Å². The molecule has 0 aromatic carbocycles. The van der Waals surface area contributed by atoms with Crippen molar-refractivity contribution in [2.45, 2.75) is 12.5 Å². The first-order chi connectivity index (χ1) is 10.2. The summed E-state index contributed by atoms with van der Waals surface area (Å²) in [5.74, 6) is -1.24. The fraction of sp³-hybridized carbons (Fsp3) is 0.200. The summed E-state index contributed by atoms with van der Waals surface area (Å²) in [7, 11) is 0. The van der Waals surface area contributed by atoms with Crippen molar-refractivity contribution in [1.82, 2.24) is 4.90 Å². The summed E-state index contributed by atoms with van der Waals surface area (Å²) < 4.78 is 0. The van der Waals surface area contributed by atoms with Crippen molar-refractivity contribution >= 4 is 40.6 Å². The van der Waals surface area contributed by atoms with Gasteiger partial charge in [-0.15, -0.1) is 22.7 Å². The summed E-state index contributed by atoms with van der Waals surface area (Å²) in [6.45, 7) is 0.443. The molecule has 1 N–H and O–H groups in total. The van der Waals surface area contributed by atoms with E-state index in [1.54, 1.807) is 23.5 Å². The second-order valence-electron chi connectivity index (χ2n) is 4.67. The van der Waals surface area contributed by atoms with Gasteiger partial charge in [-0.05, 0) is 41.0 Å². The van der Waals surface area contributed by atoms with Crippen LogP contribution >= 0.6 is 22.7 Å². The zero-order chi connectivity index (χ0) is 14.8. The minimum absolute atomic E-state index is 0.257. The summed E-state index contributed by atoms with van der Waals surface area (Å²) in [6.07, 6.45) is 3.91. The van der Waals surface area contributed by atoms with Crippen molar-refractivity contribution in [1.29, 1.82) is 0 Å². The van der Waals surface area contributed by atoms with Crippen LogP contribution < -0.4 is 0 Å². The molecule has 1 amide bonds. The molecule has 0 saturated carbocycles. The maximum atomic E-state index is 12.3. The highest BCUT2D eigenvalue weighted by atomic mass is 32.1. The van der Waals surface area contributed by atoms with Crippen molar-refractivity contribution in [3.05, 3.63) is 50.4 Å². The smallest absolute Gasteiger partial charge is 0.331 e. The van der Waals surface area contributed by atoms with Gasteiger partial charge in [-0.25, -0.2) is 4.79 Å². The van der Waals surface area contributed by atoms with Crippen molar-refractivity contribution < 1.29 is 14.7 Å². The number of carbonyl (C=O) groups is 2. The van der Waals surface area contributed by atoms with Gasteiger partial charge in [0.1, 0.15) is 0 Å². The number of rotatable bonds is 3. The Balaban J connectivity index is 1.84. The average molecular weight is 319 g/mol. The molecule has 4 nitrogen and oxygen atoms in total. The van der Waals surface area contributed by atoms with Crippen molar-refractivity contribution in [3.8, 4) is 0 Å². The van der Waals surface area contributed by atoms with Crippen LogP contribution in [0.3, 0.4) is 0 Å². The van der Waals surface area contributed by atoms with E-state index in [1.807, 2.05) is 22.9 Å². The molecule has 2 aromatic heterocycles. The molecule has 1 unspecified atom stereocenters. The lowest BCUT2D eigenvalue weighted by Crippen LogP contribution is -2.42. The fourth-order valence-corrected chi connectivity index (χ4v) is 3.98. The Morgan fingerprint density at radius 2 is 2.14 bits per heavy atom. The lowest BCUT2D eigenvalue weighted by atomic mass is 10.00. The number of amides is 1. The Morgan fingerprint density at radius 3 is 2.86 bits per heavy atom. The third-order valence-electron chi connectivity index (χ3n) is 3.42. The van der Waals surface area contributed by atoms with Crippen molar-refractivity contribution in [2.75, 3.05) is 6.54 Å². The molecule has 108 valence electrons. The van der Waals surface area contributed by atoms with Crippen LogP contribution in [0.5, 0.6) is 0 Å². The molecule has 3 rings (SSSR count). The van der Waals surface area contributed by atoms with Crippen LogP contribution in [0.4, 0.5) is 0 Å². The fourth-order valence-electron chi connectivity index (χ4n) is 2.46. The summed E-state index contributed by atoms with van der Waals surface area (Å²) in [4.78, 5) is 27.3. The Bertz CT molecular complexity index is 688. The number of carboxylic acid groups (broad SMARTS) is 1. The molecule has 0 spiro atoms. The summed E-state index contributed by atoms with van der Waals surface area (Å²) in [6, 6.07) is 4.76. The van der Waals surface area contributed by atoms with Gasteiger partial charge < -0.3 is 10.0 Å². The molecule has 0 radical (unpaired) electrons. The van der Waals surface area contributed by atoms with Gasteiger partial charge in [0, 0.05) is 22.4 Å². The largest absolute Gasteiger partial charge is 0.479 e. The van der Waals surface area contributed by atoms with E-state index >= 15 is 0 Å². The number of aliphatic carboxylic acids is 1. The molecule has 2 aromatic rings. The van der Waals surface area contributed by atoms with Crippen molar-refractivity contribution in [3.63, 3.8) is 0 Å². The number of nitrogens with zero attached hydrogens (tertiary/aromatic N) is 1. The molecule has 3 heterocycles. The molecule has 0 bridgehead atoms. The van der Waals surface area contributed by atoms with Crippen LogP contribution in [-0.4, -0.2) is 28.4 Å². The number of hydrogen-bond acceptors (Lipinski definition) is 4. The SMILES string of the molecule is O=C(O)C1c2ccsc2CCN1C(=O)C=Cc1cccs1. The lowest BCUT2D eigenvalue weighted by Gasteiger charge is -2.32. The van der Waals surface area contributed by atoms with Crippen molar-refractivity contribution in [2.24, 2.45) is 0 Å². The van der Waals surface area contributed by atoms with Crippen LogP contribution in [0.25, 0.3) is 6.08 Å². The highest BCUT2D eigenvalue weighted by Crippen LogP contribution is 2.33. The topological polar surface area (TPSA) is 57.6 Å². The highest BCUT2D eigenvalue weighted by Gasteiger charge is 2.35. The van der Waals surface area contributed by atoms with E-state index in [2.05, 4.69) is 0 Å². The van der Waals surface area contributed by atoms with Gasteiger partial charge in [-0.1, -0.05) is 6.07 Å². The minimum Gasteiger partial charge on any atom is -0.479 e. The number of thiophene rings is 2. The molecule has 1 aliphatic heterocycles. The average Bonchev–Trinajstić information content (AvgIpc) is 3.14. The van der Waals surface area contributed by atoms with Gasteiger partial charge in [-0.2, -0.15) is 0 Å². The molecular formula is C15H13NO3S2. The highest BCUT2D eigenvalue weighted by molar-refractivity contribution is 7.10. The zero-order valence-electron chi connectivity index (χ0n) is 11.1. The lowest BCUT2D eigenvalue weighted by molar-refractivity contribution is -0.149. The zero-order valence-corrected chi connectivity index (χ0v) is 12.7. The molecular weight excluding hydrogens is 306 g/mol. The van der Waals surface area contributed by atoms with E-state index in [1.165, 1.54) is 22.3 Å². The first kappa shape index (κ1) is 14.0. The first-order valence-electron chi connectivity index (χ1n) is 6.48. The number of hydrogen-bond donors (Lipinski definition) is 1. The van der Waals surface area contributed by atoms with Crippen LogP contribution in [0, 0.1) is 0 Å². The van der Waals surface area contributed by atoms with E-state index in [0.717, 1.165) is 21.7 Å². The van der Waals surface area contributed by atoms with Gasteiger partial charge in [0.25, 0.3) is 0 Å². The quantitative estimate of drug-likeness (QED) is 0.885. The molecule has 0 aliphatic carbocycles. The number of fused-ring (bicyclic) bond motifs is 1. The van der Waals surface area contributed by atoms with Gasteiger partial charge >= 0.3 is 5.97 Å². The predicted molar refractivity (Wildman–Crippen MR) is 83.5 cm³/mol. The minimum atomic E-state index is -0.979. The summed E-state index contributed by atoms with van der Waals surface area (Å²) >= 11 is 3.09. The molecule has 0 saturated heterocycles. The van der Waals surface area contributed by atoms with Crippen LogP contribution in [0.2, 0.25) is 0 Å². The third kappa shape index (κ3) is 2.77. The second-order valence-corrected chi connectivity index (χ2v) is 6.65. The molecule has 0 fully saturated rings. The molecule has 6 heteroatoms. The van der Waals surface area contributed by atoms with Crippen LogP contribution in [0.15, 0.2) is 35.0 Å². The maximum Gasteiger partial charge on any atom is 0.331 e. The number of carbonyl (C=O) groups excluding carboxylic acids is 1. The predicted octanol–water partition coefficient (Wildman–Crippen LogP) is 3.03. The Morgan fingerprint density at radius 1 is 1.29 bits per heavy atom. The summed E-state index contributed by atoms with van der Waals surface area (Å²) in [5, 5.41) is 13.3. The normalized spacial score (nSPS) is 17.9. The Hall–Kier alpha value is -1.92. The maximum absolute atomic E-state index is 12.3. The van der Waals surface area contributed by atoms with E-state index in [4.69, 9.17) is 0 Å². The van der Waals surface area contributed by atoms with Gasteiger partial charge in [0.2, 0.25) is 5.91 Å². The molecule has 1 aliphatic rings. The monoisotopic (exact) mass is 319 g/mol. The Labute approximate surface area is 130 Å². The van der Waals surface area contributed by atoms with E-state index in [0.29, 0.717) is 6.54 Å². The summed E-state index contributed by atoms with van der Waals surface area (Å²) in [5.41, 5.74) is 0.747. The van der Waals surface area contributed by atoms with Crippen LogP contribution in [-0.2, 0) is 16.0 Å². The molecule has 1 atom stereocenters. The van der Waals surface area contributed by atoms with Crippen LogP contribution in [0.1, 0.15) is 21.4 Å². The van der Waals surface area contributed by atoms with E-state index in [-0.39, 0.29) is 5.91 Å². The van der Waals surface area contributed by atoms with Gasteiger partial charge in [-0.3, -0.25) is 4.79 Å². The second kappa shape index (κ2) is 5.83.